The Balaban J connectivity index is 1.85. The van der Waals surface area contributed by atoms with Gasteiger partial charge in [0, 0.05) is 29.1 Å². The fourth-order valence-corrected chi connectivity index (χ4v) is 2.59. The molecule has 0 spiro atoms. The van der Waals surface area contributed by atoms with E-state index < -0.39 is 11.7 Å². The van der Waals surface area contributed by atoms with Gasteiger partial charge in [-0.2, -0.15) is 0 Å². The van der Waals surface area contributed by atoms with Crippen molar-refractivity contribution in [3.63, 3.8) is 0 Å². The van der Waals surface area contributed by atoms with E-state index in [0.717, 1.165) is 5.39 Å². The van der Waals surface area contributed by atoms with Gasteiger partial charge in [-0.25, -0.2) is 4.39 Å². The average Bonchev–Trinajstić information content (AvgIpc) is 2.65. The first-order valence-corrected chi connectivity index (χ1v) is 7.83. The largest absolute Gasteiger partial charge is 0.493 e. The number of hydrogen-bond acceptors (Lipinski definition) is 4. The van der Waals surface area contributed by atoms with Crippen LogP contribution in [-0.2, 0) is 6.54 Å². The standard InChI is InChI=1S/C19H17FN2O4/c1-25-16-8-12-7-13(19(24)22-15(12)9-17(16)26-2)10-21-18(23)11-3-5-14(20)6-4-11/h3-9H,10H2,1-2H3,(H,21,23)(H,22,24). The van der Waals surface area contributed by atoms with Crippen LogP contribution in [0, 0.1) is 5.82 Å². The number of halogens is 1. The second-order valence-electron chi connectivity index (χ2n) is 5.61. The molecule has 1 amide bonds. The van der Waals surface area contributed by atoms with Gasteiger partial charge in [0.05, 0.1) is 19.7 Å². The molecule has 26 heavy (non-hydrogen) atoms. The fourth-order valence-electron chi connectivity index (χ4n) is 2.59. The lowest BCUT2D eigenvalue weighted by atomic mass is 10.1. The Morgan fingerprint density at radius 3 is 2.38 bits per heavy atom. The molecule has 2 aromatic carbocycles. The van der Waals surface area contributed by atoms with E-state index in [0.29, 0.717) is 28.1 Å². The van der Waals surface area contributed by atoms with Crippen LogP contribution < -0.4 is 20.3 Å². The zero-order valence-corrected chi connectivity index (χ0v) is 14.3. The number of rotatable bonds is 5. The molecule has 0 saturated carbocycles. The molecule has 0 aliphatic heterocycles. The van der Waals surface area contributed by atoms with Crippen LogP contribution in [0.3, 0.4) is 0 Å². The van der Waals surface area contributed by atoms with Crippen LogP contribution in [0.15, 0.2) is 47.3 Å². The maximum absolute atomic E-state index is 12.9. The number of ether oxygens (including phenoxy) is 2. The topological polar surface area (TPSA) is 80.4 Å². The monoisotopic (exact) mass is 356 g/mol. The summed E-state index contributed by atoms with van der Waals surface area (Å²) in [6.07, 6.45) is 0. The van der Waals surface area contributed by atoms with Crippen molar-refractivity contribution in [2.75, 3.05) is 14.2 Å². The van der Waals surface area contributed by atoms with Gasteiger partial charge in [0.15, 0.2) is 11.5 Å². The van der Waals surface area contributed by atoms with Gasteiger partial charge >= 0.3 is 0 Å². The second-order valence-corrected chi connectivity index (χ2v) is 5.61. The van der Waals surface area contributed by atoms with Crippen LogP contribution >= 0.6 is 0 Å². The minimum Gasteiger partial charge on any atom is -0.493 e. The minimum absolute atomic E-state index is 0.0375. The number of carbonyl (C=O) groups excluding carboxylic acids is 1. The highest BCUT2D eigenvalue weighted by molar-refractivity contribution is 5.94. The molecule has 3 aromatic rings. The highest BCUT2D eigenvalue weighted by Crippen LogP contribution is 2.30. The molecule has 0 aliphatic carbocycles. The van der Waals surface area contributed by atoms with E-state index in [2.05, 4.69) is 10.3 Å². The Morgan fingerprint density at radius 1 is 1.08 bits per heavy atom. The summed E-state index contributed by atoms with van der Waals surface area (Å²) in [4.78, 5) is 27.1. The van der Waals surface area contributed by atoms with Crippen LogP contribution in [0.25, 0.3) is 10.9 Å². The van der Waals surface area contributed by atoms with E-state index in [1.807, 2.05) is 0 Å². The quantitative estimate of drug-likeness (QED) is 0.736. The molecule has 0 atom stereocenters. The van der Waals surface area contributed by atoms with E-state index in [1.165, 1.54) is 38.5 Å². The number of amides is 1. The number of aromatic nitrogens is 1. The Morgan fingerprint density at radius 2 is 1.73 bits per heavy atom. The third-order valence-corrected chi connectivity index (χ3v) is 3.97. The molecule has 1 heterocycles. The van der Waals surface area contributed by atoms with Crippen molar-refractivity contribution in [1.82, 2.24) is 10.3 Å². The van der Waals surface area contributed by atoms with Gasteiger partial charge in [0.1, 0.15) is 5.82 Å². The Bertz CT molecular complexity index is 1010. The van der Waals surface area contributed by atoms with Crippen molar-refractivity contribution in [2.45, 2.75) is 6.54 Å². The summed E-state index contributed by atoms with van der Waals surface area (Å²) >= 11 is 0. The van der Waals surface area contributed by atoms with E-state index in [1.54, 1.807) is 18.2 Å². The van der Waals surface area contributed by atoms with Gasteiger partial charge in [-0.3, -0.25) is 9.59 Å². The highest BCUT2D eigenvalue weighted by atomic mass is 19.1. The van der Waals surface area contributed by atoms with Crippen molar-refractivity contribution in [3.8, 4) is 11.5 Å². The molecule has 0 radical (unpaired) electrons. The number of fused-ring (bicyclic) bond motifs is 1. The smallest absolute Gasteiger partial charge is 0.253 e. The maximum atomic E-state index is 12.9. The molecule has 0 unspecified atom stereocenters. The molecule has 7 heteroatoms. The second kappa shape index (κ2) is 7.26. The van der Waals surface area contributed by atoms with Crippen LogP contribution in [0.4, 0.5) is 4.39 Å². The lowest BCUT2D eigenvalue weighted by molar-refractivity contribution is 0.0950. The zero-order valence-electron chi connectivity index (χ0n) is 14.3. The van der Waals surface area contributed by atoms with E-state index in [4.69, 9.17) is 9.47 Å². The van der Waals surface area contributed by atoms with Crippen LogP contribution in [0.1, 0.15) is 15.9 Å². The van der Waals surface area contributed by atoms with Crippen molar-refractivity contribution >= 4 is 16.8 Å². The molecule has 2 N–H and O–H groups in total. The molecule has 134 valence electrons. The van der Waals surface area contributed by atoms with E-state index in [9.17, 15) is 14.0 Å². The average molecular weight is 356 g/mol. The summed E-state index contributed by atoms with van der Waals surface area (Å²) in [6, 6.07) is 10.3. The third kappa shape index (κ3) is 3.51. The predicted molar refractivity (Wildman–Crippen MR) is 95.2 cm³/mol. The van der Waals surface area contributed by atoms with Gasteiger partial charge in [-0.1, -0.05) is 0 Å². The van der Waals surface area contributed by atoms with Crippen molar-refractivity contribution < 1.29 is 18.7 Å². The normalized spacial score (nSPS) is 10.6. The number of methoxy groups -OCH3 is 2. The SMILES string of the molecule is COc1cc2cc(CNC(=O)c3ccc(F)cc3)c(=O)[nH]c2cc1OC. The number of hydrogen-bond donors (Lipinski definition) is 2. The molecule has 0 fully saturated rings. The van der Waals surface area contributed by atoms with Crippen LogP contribution in [0.2, 0.25) is 0 Å². The predicted octanol–water partition coefficient (Wildman–Crippen LogP) is 2.61. The van der Waals surface area contributed by atoms with E-state index >= 15 is 0 Å². The van der Waals surface area contributed by atoms with Gasteiger partial charge in [0.25, 0.3) is 11.5 Å². The van der Waals surface area contributed by atoms with Crippen molar-refractivity contribution in [1.29, 1.82) is 0 Å². The van der Waals surface area contributed by atoms with Gasteiger partial charge in [-0.15, -0.1) is 0 Å². The molecular weight excluding hydrogens is 339 g/mol. The highest BCUT2D eigenvalue weighted by Gasteiger charge is 2.11. The Hall–Kier alpha value is -3.35. The number of benzene rings is 2. The lowest BCUT2D eigenvalue weighted by Crippen LogP contribution is -2.26. The van der Waals surface area contributed by atoms with Crippen LogP contribution in [0.5, 0.6) is 11.5 Å². The van der Waals surface area contributed by atoms with Crippen LogP contribution in [-0.4, -0.2) is 25.1 Å². The first-order chi connectivity index (χ1) is 12.5. The van der Waals surface area contributed by atoms with Crippen molar-refractivity contribution in [3.05, 3.63) is 69.8 Å². The number of H-pyrrole nitrogens is 1. The number of pyridine rings is 1. The zero-order chi connectivity index (χ0) is 18.7. The number of aromatic amines is 1. The lowest BCUT2D eigenvalue weighted by Gasteiger charge is -2.10. The molecule has 3 rings (SSSR count). The minimum atomic E-state index is -0.420. The molecular formula is C19H17FN2O4. The first kappa shape index (κ1) is 17.5. The summed E-state index contributed by atoms with van der Waals surface area (Å²) in [5.74, 6) is 0.232. The molecule has 0 bridgehead atoms. The summed E-state index contributed by atoms with van der Waals surface area (Å²) in [5, 5.41) is 3.40. The number of carbonyl (C=O) groups is 1. The molecule has 1 aromatic heterocycles. The summed E-state index contributed by atoms with van der Waals surface area (Å²) in [7, 11) is 3.04. The Kier molecular flexibility index (Phi) is 4.88. The Labute approximate surface area is 148 Å². The number of nitrogens with one attached hydrogen (secondary N) is 2. The maximum Gasteiger partial charge on any atom is 0.253 e. The molecule has 0 saturated heterocycles. The van der Waals surface area contributed by atoms with Gasteiger partial charge in [0.2, 0.25) is 0 Å². The fraction of sp³-hybridized carbons (Fsp3) is 0.158. The van der Waals surface area contributed by atoms with Gasteiger partial charge < -0.3 is 19.8 Å². The van der Waals surface area contributed by atoms with Gasteiger partial charge in [-0.05, 0) is 36.4 Å². The summed E-state index contributed by atoms with van der Waals surface area (Å²) in [6.45, 7) is 0.0375. The first-order valence-electron chi connectivity index (χ1n) is 7.83. The summed E-state index contributed by atoms with van der Waals surface area (Å²) < 4.78 is 23.4. The third-order valence-electron chi connectivity index (χ3n) is 3.97. The summed E-state index contributed by atoms with van der Waals surface area (Å²) in [5.41, 5.74) is 0.987. The molecule has 6 nitrogen and oxygen atoms in total. The van der Waals surface area contributed by atoms with E-state index in [-0.39, 0.29) is 12.1 Å². The molecule has 0 aliphatic rings. The van der Waals surface area contributed by atoms with Crippen molar-refractivity contribution in [2.24, 2.45) is 0 Å².